The first kappa shape index (κ1) is 11.0. The molecule has 0 aliphatic heterocycles. The highest BCUT2D eigenvalue weighted by Crippen LogP contribution is 2.22. The highest BCUT2D eigenvalue weighted by Gasteiger charge is 2.20. The fourth-order valence-corrected chi connectivity index (χ4v) is 1.85. The Balaban J connectivity index is 3.07. The molecule has 2 heterocycles. The summed E-state index contributed by atoms with van der Waals surface area (Å²) in [4.78, 5) is 28.2. The molecule has 16 heavy (non-hydrogen) atoms. The fraction of sp³-hybridized carbons (Fsp3) is 0.286. The first-order valence-corrected chi connectivity index (χ1v) is 4.87. The molecule has 86 valence electrons. The number of H-pyrrole nitrogens is 1. The first-order valence-electron chi connectivity index (χ1n) is 4.08. The van der Waals surface area contributed by atoms with Crippen LogP contribution in [0.4, 0.5) is 8.78 Å². The van der Waals surface area contributed by atoms with Crippen LogP contribution in [-0.4, -0.2) is 19.1 Å². The van der Waals surface area contributed by atoms with Gasteiger partial charge in [-0.15, -0.1) is 0 Å². The average Bonchev–Trinajstić information content (AvgIpc) is 2.52. The molecule has 0 radical (unpaired) electrons. The molecule has 0 saturated heterocycles. The highest BCUT2D eigenvalue weighted by molar-refractivity contribution is 9.10. The summed E-state index contributed by atoms with van der Waals surface area (Å²) in [5.74, 6) is 0. The molecular weight excluding hydrogens is 290 g/mol. The molecule has 0 fully saturated rings. The van der Waals surface area contributed by atoms with Crippen molar-refractivity contribution in [2.24, 2.45) is 7.05 Å². The molecule has 2 aromatic rings. The molecule has 2 rings (SSSR count). The Labute approximate surface area is 94.7 Å². The van der Waals surface area contributed by atoms with Crippen molar-refractivity contribution in [3.05, 3.63) is 25.6 Å². The molecule has 0 bridgehead atoms. The predicted molar refractivity (Wildman–Crippen MR) is 54.5 cm³/mol. The van der Waals surface area contributed by atoms with Crippen molar-refractivity contribution < 1.29 is 8.78 Å². The number of fused-ring (bicyclic) bond motifs is 1. The summed E-state index contributed by atoms with van der Waals surface area (Å²) in [6, 6.07) is 0. The third-order valence-electron chi connectivity index (χ3n) is 2.10. The third-order valence-corrected chi connectivity index (χ3v) is 2.66. The van der Waals surface area contributed by atoms with E-state index < -0.39 is 17.8 Å². The van der Waals surface area contributed by atoms with Gasteiger partial charge in [-0.05, 0) is 15.9 Å². The number of alkyl halides is 2. The van der Waals surface area contributed by atoms with Crippen LogP contribution in [0.15, 0.2) is 14.3 Å². The van der Waals surface area contributed by atoms with Crippen LogP contribution in [0, 0.1) is 0 Å². The number of nitrogens with one attached hydrogen (secondary N) is 1. The smallest absolute Gasteiger partial charge is 0.279 e. The Morgan fingerprint density at radius 3 is 2.62 bits per heavy atom. The molecule has 0 spiro atoms. The number of hydrogen-bond donors (Lipinski definition) is 1. The molecule has 6 nitrogen and oxygen atoms in total. The van der Waals surface area contributed by atoms with Crippen molar-refractivity contribution in [1.29, 1.82) is 0 Å². The van der Waals surface area contributed by atoms with Crippen LogP contribution in [0.3, 0.4) is 0 Å². The molecule has 0 aliphatic carbocycles. The maximum atomic E-state index is 12.7. The van der Waals surface area contributed by atoms with Crippen molar-refractivity contribution in [3.8, 4) is 0 Å². The number of aromatic nitrogens is 4. The Kier molecular flexibility index (Phi) is 2.41. The van der Waals surface area contributed by atoms with E-state index in [0.717, 1.165) is 4.57 Å². The summed E-state index contributed by atoms with van der Waals surface area (Å²) in [6.07, 6.45) is 0. The lowest BCUT2D eigenvalue weighted by molar-refractivity contribution is 0.0719. The minimum absolute atomic E-state index is 0.0964. The molecule has 9 heteroatoms. The van der Waals surface area contributed by atoms with Crippen molar-refractivity contribution in [2.45, 2.75) is 6.55 Å². The third kappa shape index (κ3) is 1.39. The lowest BCUT2D eigenvalue weighted by Gasteiger charge is -2.02. The predicted octanol–water partition coefficient (Wildman–Crippen LogP) is 0.581. The van der Waals surface area contributed by atoms with E-state index >= 15 is 0 Å². The lowest BCUT2D eigenvalue weighted by Crippen LogP contribution is -2.29. The number of imidazole rings is 1. The van der Waals surface area contributed by atoms with Crippen LogP contribution in [-0.2, 0) is 7.05 Å². The van der Waals surface area contributed by atoms with Gasteiger partial charge in [-0.3, -0.25) is 18.9 Å². The van der Waals surface area contributed by atoms with E-state index in [0.29, 0.717) is 4.57 Å². The lowest BCUT2D eigenvalue weighted by atomic mass is 10.5. The molecule has 0 aliphatic rings. The van der Waals surface area contributed by atoms with Crippen LogP contribution in [0.2, 0.25) is 0 Å². The fourth-order valence-electron chi connectivity index (χ4n) is 1.35. The summed E-state index contributed by atoms with van der Waals surface area (Å²) >= 11 is 2.81. The van der Waals surface area contributed by atoms with Crippen LogP contribution in [0.1, 0.15) is 6.55 Å². The van der Waals surface area contributed by atoms with Gasteiger partial charge in [0.1, 0.15) is 0 Å². The summed E-state index contributed by atoms with van der Waals surface area (Å²) in [5, 5.41) is 0. The maximum Gasteiger partial charge on any atom is 0.329 e. The van der Waals surface area contributed by atoms with E-state index in [4.69, 9.17) is 0 Å². The Bertz CT molecular complexity index is 671. The normalized spacial score (nSPS) is 11.6. The van der Waals surface area contributed by atoms with Gasteiger partial charge < -0.3 is 0 Å². The van der Waals surface area contributed by atoms with E-state index in [-0.39, 0.29) is 15.9 Å². The van der Waals surface area contributed by atoms with Gasteiger partial charge in [-0.25, -0.2) is 9.78 Å². The van der Waals surface area contributed by atoms with Crippen molar-refractivity contribution >= 4 is 27.1 Å². The Morgan fingerprint density at radius 2 is 2.06 bits per heavy atom. The standard InChI is InChI=1S/C7H5BrF2N4O2/c1-13-3-2(4(15)12-7(13)16)14(6(9)10)5(8)11-3/h6H,1H3,(H,12,15,16). The van der Waals surface area contributed by atoms with Crippen molar-refractivity contribution in [3.63, 3.8) is 0 Å². The number of aryl methyl sites for hydroxylation is 1. The first-order chi connectivity index (χ1) is 7.43. The number of aromatic amines is 1. The Morgan fingerprint density at radius 1 is 1.44 bits per heavy atom. The summed E-state index contributed by atoms with van der Waals surface area (Å²) in [7, 11) is 1.33. The van der Waals surface area contributed by atoms with Gasteiger partial charge in [0.05, 0.1) is 0 Å². The minimum atomic E-state index is -2.92. The SMILES string of the molecule is Cn1c(=O)[nH]c(=O)c2c1nc(Br)n2C(F)F. The number of halogens is 3. The second-order valence-corrected chi connectivity index (χ2v) is 3.73. The van der Waals surface area contributed by atoms with Crippen LogP contribution in [0.25, 0.3) is 11.2 Å². The summed E-state index contributed by atoms with van der Waals surface area (Å²) < 4.78 is 26.5. The molecule has 2 aromatic heterocycles. The Hall–Kier alpha value is -1.51. The zero-order valence-corrected chi connectivity index (χ0v) is 9.46. The van der Waals surface area contributed by atoms with E-state index in [1.807, 2.05) is 4.98 Å². The van der Waals surface area contributed by atoms with Crippen LogP contribution < -0.4 is 11.2 Å². The van der Waals surface area contributed by atoms with Crippen molar-refractivity contribution in [1.82, 2.24) is 19.1 Å². The largest absolute Gasteiger partial charge is 0.329 e. The quantitative estimate of drug-likeness (QED) is 0.782. The van der Waals surface area contributed by atoms with E-state index in [2.05, 4.69) is 20.9 Å². The van der Waals surface area contributed by atoms with Gasteiger partial charge in [0.15, 0.2) is 15.9 Å². The van der Waals surface area contributed by atoms with E-state index in [1.54, 1.807) is 0 Å². The molecule has 0 atom stereocenters. The maximum absolute atomic E-state index is 12.7. The van der Waals surface area contributed by atoms with Gasteiger partial charge in [0.25, 0.3) is 5.56 Å². The summed E-state index contributed by atoms with van der Waals surface area (Å²) in [6.45, 7) is -2.92. The van der Waals surface area contributed by atoms with E-state index in [9.17, 15) is 18.4 Å². The van der Waals surface area contributed by atoms with E-state index in [1.165, 1.54) is 7.05 Å². The van der Waals surface area contributed by atoms with Gasteiger partial charge in [-0.1, -0.05) is 0 Å². The number of rotatable bonds is 1. The number of hydrogen-bond acceptors (Lipinski definition) is 3. The van der Waals surface area contributed by atoms with Crippen LogP contribution in [0.5, 0.6) is 0 Å². The average molecular weight is 295 g/mol. The summed E-state index contributed by atoms with van der Waals surface area (Å²) in [5.41, 5.74) is -2.04. The monoisotopic (exact) mass is 294 g/mol. The second-order valence-electron chi connectivity index (χ2n) is 3.02. The van der Waals surface area contributed by atoms with Gasteiger partial charge in [0.2, 0.25) is 0 Å². The van der Waals surface area contributed by atoms with Crippen LogP contribution >= 0.6 is 15.9 Å². The zero-order chi connectivity index (χ0) is 12.0. The molecule has 0 saturated carbocycles. The zero-order valence-electron chi connectivity index (χ0n) is 7.87. The minimum Gasteiger partial charge on any atom is -0.279 e. The molecule has 0 unspecified atom stereocenters. The second kappa shape index (κ2) is 3.51. The number of nitrogens with zero attached hydrogens (tertiary/aromatic N) is 3. The van der Waals surface area contributed by atoms with Gasteiger partial charge in [-0.2, -0.15) is 8.78 Å². The highest BCUT2D eigenvalue weighted by atomic mass is 79.9. The molecule has 1 N–H and O–H groups in total. The molecular formula is C7H5BrF2N4O2. The topological polar surface area (TPSA) is 72.7 Å². The van der Waals surface area contributed by atoms with Crippen molar-refractivity contribution in [2.75, 3.05) is 0 Å². The molecule has 0 amide bonds. The van der Waals surface area contributed by atoms with Gasteiger partial charge >= 0.3 is 12.2 Å². The molecule has 0 aromatic carbocycles. The van der Waals surface area contributed by atoms with Gasteiger partial charge in [0, 0.05) is 7.05 Å².